The van der Waals surface area contributed by atoms with E-state index in [0.717, 1.165) is 24.7 Å². The Labute approximate surface area is 244 Å². The third-order valence-corrected chi connectivity index (χ3v) is 10.3. The Morgan fingerprint density at radius 2 is 1.73 bits per heavy atom. The number of rotatable bonds is 16. The van der Waals surface area contributed by atoms with Crippen molar-refractivity contribution in [3.8, 4) is 0 Å². The number of piperidine rings is 1. The lowest BCUT2D eigenvalue weighted by Crippen LogP contribution is -2.49. The van der Waals surface area contributed by atoms with Gasteiger partial charge in [0.2, 0.25) is 21.7 Å². The van der Waals surface area contributed by atoms with Crippen LogP contribution in [0.5, 0.6) is 0 Å². The van der Waals surface area contributed by atoms with E-state index in [1.807, 2.05) is 20.8 Å². The molecule has 2 saturated carbocycles. The van der Waals surface area contributed by atoms with E-state index >= 15 is 0 Å². The number of nitrogens with two attached hydrogens (primary N) is 1. The van der Waals surface area contributed by atoms with Gasteiger partial charge in [-0.2, -0.15) is 0 Å². The van der Waals surface area contributed by atoms with E-state index in [0.29, 0.717) is 13.0 Å². The average molecular weight is 594 g/mol. The number of carbonyl (C=O) groups is 5. The van der Waals surface area contributed by atoms with E-state index in [1.54, 1.807) is 4.90 Å². The second-order valence-corrected chi connectivity index (χ2v) is 15.8. The van der Waals surface area contributed by atoms with Crippen molar-refractivity contribution in [3.63, 3.8) is 0 Å². The highest BCUT2D eigenvalue weighted by molar-refractivity contribution is 7.92. The predicted octanol–water partition coefficient (Wildman–Crippen LogP) is 2.75. The van der Waals surface area contributed by atoms with Gasteiger partial charge < -0.3 is 10.6 Å². The first-order valence-electron chi connectivity index (χ1n) is 14.7. The van der Waals surface area contributed by atoms with E-state index in [2.05, 4.69) is 25.1 Å². The van der Waals surface area contributed by atoms with Crippen molar-refractivity contribution in [2.75, 3.05) is 13.1 Å². The van der Waals surface area contributed by atoms with Crippen molar-refractivity contribution in [3.05, 3.63) is 12.0 Å². The Bertz CT molecular complexity index is 1180. The average Bonchev–Trinajstić information content (AvgIpc) is 3.14. The number of hydrogen-bond donors (Lipinski definition) is 2. The first-order chi connectivity index (χ1) is 18.9. The number of hydrogen-bond acceptors (Lipinski definition) is 7. The van der Waals surface area contributed by atoms with E-state index in [4.69, 9.17) is 5.73 Å². The van der Waals surface area contributed by atoms with E-state index < -0.39 is 39.6 Å². The van der Waals surface area contributed by atoms with Gasteiger partial charge in [-0.25, -0.2) is 13.1 Å². The minimum Gasteiger partial charge on any atom is -0.363 e. The third-order valence-electron chi connectivity index (χ3n) is 9.29. The second-order valence-electron chi connectivity index (χ2n) is 14.1. The highest BCUT2D eigenvalue weighted by Crippen LogP contribution is 2.65. The molecule has 0 aromatic heterocycles. The largest absolute Gasteiger partial charge is 0.363 e. The number of carbonyl (C=O) groups excluding carboxylic acids is 5. The molecule has 11 heteroatoms. The van der Waals surface area contributed by atoms with Crippen LogP contribution in [0.2, 0.25) is 0 Å². The normalized spacial score (nSPS) is 25.0. The maximum atomic E-state index is 14.0. The molecule has 41 heavy (non-hydrogen) atoms. The lowest BCUT2D eigenvalue weighted by molar-refractivity contribution is -0.145. The fraction of sp³-hybridized carbons (Fsp3) is 0.767. The number of likely N-dealkylation sites (tertiary alicyclic amines) is 1. The molecule has 1 aliphatic heterocycles. The molecule has 2 amide bonds. The number of nitrogens with zero attached hydrogens (tertiary/aromatic N) is 1. The summed E-state index contributed by atoms with van der Waals surface area (Å²) >= 11 is 0. The maximum absolute atomic E-state index is 14.0. The molecule has 0 radical (unpaired) electrons. The summed E-state index contributed by atoms with van der Waals surface area (Å²) in [5.41, 5.74) is 4.88. The van der Waals surface area contributed by atoms with Crippen LogP contribution in [0.25, 0.3) is 0 Å². The zero-order valence-corrected chi connectivity index (χ0v) is 25.9. The van der Waals surface area contributed by atoms with Crippen molar-refractivity contribution >= 4 is 39.2 Å². The Morgan fingerprint density at radius 1 is 1.10 bits per heavy atom. The molecule has 3 N–H and O–H groups in total. The number of Topliss-reactive ketones (excluding diaryl/α,β-unsaturated/α-hetero) is 3. The molecule has 0 aromatic rings. The predicted molar refractivity (Wildman–Crippen MR) is 154 cm³/mol. The quantitative estimate of drug-likeness (QED) is 0.260. The van der Waals surface area contributed by atoms with Gasteiger partial charge >= 0.3 is 0 Å². The number of nitrogens with one attached hydrogen (secondary N) is 1. The maximum Gasteiger partial charge on any atom is 0.285 e. The monoisotopic (exact) mass is 593 g/mol. The van der Waals surface area contributed by atoms with Gasteiger partial charge in [0, 0.05) is 49.6 Å². The fourth-order valence-corrected chi connectivity index (χ4v) is 7.30. The Balaban J connectivity index is 1.83. The highest BCUT2D eigenvalue weighted by atomic mass is 32.2. The van der Waals surface area contributed by atoms with Crippen molar-refractivity contribution in [2.24, 2.45) is 46.2 Å². The van der Waals surface area contributed by atoms with Gasteiger partial charge in [-0.15, -0.1) is 0 Å². The molecule has 5 atom stereocenters. The van der Waals surface area contributed by atoms with Crippen LogP contribution in [0, 0.1) is 40.4 Å². The summed E-state index contributed by atoms with van der Waals surface area (Å²) in [7, 11) is -3.71. The zero-order chi connectivity index (χ0) is 30.9. The van der Waals surface area contributed by atoms with Gasteiger partial charge in [0.1, 0.15) is 5.78 Å². The first kappa shape index (κ1) is 33.1. The fourth-order valence-electron chi connectivity index (χ4n) is 6.78. The van der Waals surface area contributed by atoms with E-state index in [1.165, 1.54) is 0 Å². The van der Waals surface area contributed by atoms with Gasteiger partial charge in [-0.3, -0.25) is 24.0 Å². The highest BCUT2D eigenvalue weighted by Gasteiger charge is 2.69. The van der Waals surface area contributed by atoms with Gasteiger partial charge in [0.25, 0.3) is 5.91 Å². The lowest BCUT2D eigenvalue weighted by Gasteiger charge is -2.34. The zero-order valence-electron chi connectivity index (χ0n) is 25.1. The van der Waals surface area contributed by atoms with Crippen molar-refractivity contribution in [1.29, 1.82) is 0 Å². The molecular formula is C30H47N3O7S. The SMILES string of the molecule is C=CS(=O)(=O)NCC[C@H](CC(=O)CC(C)(C)C)C(=O)N1C[C@H]2[C@@H]([C@H]1C(=O)CC(CC1CCC1)C(=O)C(N)=O)C2(C)C. The Kier molecular flexibility index (Phi) is 10.1. The number of amides is 2. The number of fused-ring (bicyclic) bond motifs is 1. The van der Waals surface area contributed by atoms with Gasteiger partial charge in [0.15, 0.2) is 5.78 Å². The minimum atomic E-state index is -3.71. The molecular weight excluding hydrogens is 546 g/mol. The Hall–Kier alpha value is -2.40. The molecule has 230 valence electrons. The van der Waals surface area contributed by atoms with E-state index in [9.17, 15) is 32.4 Å². The summed E-state index contributed by atoms with van der Waals surface area (Å²) in [6.07, 6.45) is 3.50. The molecule has 1 saturated heterocycles. The van der Waals surface area contributed by atoms with Crippen LogP contribution < -0.4 is 10.5 Å². The van der Waals surface area contributed by atoms with Crippen LogP contribution in [0.15, 0.2) is 12.0 Å². The summed E-state index contributed by atoms with van der Waals surface area (Å²) in [6.45, 7) is 13.5. The summed E-state index contributed by atoms with van der Waals surface area (Å²) in [6, 6.07) is -0.767. The summed E-state index contributed by atoms with van der Waals surface area (Å²) in [5, 5.41) is 0.784. The summed E-state index contributed by atoms with van der Waals surface area (Å²) in [4.78, 5) is 66.8. The topological polar surface area (TPSA) is 161 Å². The first-order valence-corrected chi connectivity index (χ1v) is 16.2. The standard InChI is InChI=1S/C30H47N3O7S/c1-7-41(39,40)32-12-11-19(14-21(34)16-29(2,3)4)28(38)33-17-22-24(30(22,5)6)25(33)23(35)15-20(26(36)27(31)37)13-18-9-8-10-18/h7,18-20,22,24-25,32H,1,8-17H2,2-6H3,(H2,31,37)/t19-,20?,22+,24+,25-/m1/s1. The van der Waals surface area contributed by atoms with Gasteiger partial charge in [-0.05, 0) is 41.4 Å². The van der Waals surface area contributed by atoms with Crippen LogP contribution in [0.4, 0.5) is 0 Å². The smallest absolute Gasteiger partial charge is 0.285 e. The third kappa shape index (κ3) is 8.12. The molecule has 1 heterocycles. The summed E-state index contributed by atoms with van der Waals surface area (Å²) in [5.74, 6) is -3.85. The number of sulfonamides is 1. The lowest BCUT2D eigenvalue weighted by atomic mass is 9.76. The van der Waals surface area contributed by atoms with Crippen LogP contribution >= 0.6 is 0 Å². The molecule has 0 bridgehead atoms. The second kappa shape index (κ2) is 12.5. The molecule has 2 aliphatic carbocycles. The Morgan fingerprint density at radius 3 is 2.24 bits per heavy atom. The van der Waals surface area contributed by atoms with Crippen LogP contribution in [0.3, 0.4) is 0 Å². The van der Waals surface area contributed by atoms with Crippen molar-refractivity contribution in [2.45, 2.75) is 92.0 Å². The number of primary amides is 1. The van der Waals surface area contributed by atoms with E-state index in [-0.39, 0.29) is 78.3 Å². The van der Waals surface area contributed by atoms with Gasteiger partial charge in [0.05, 0.1) is 6.04 Å². The van der Waals surface area contributed by atoms with Crippen LogP contribution in [-0.4, -0.2) is 61.6 Å². The van der Waals surface area contributed by atoms with Crippen LogP contribution in [0.1, 0.15) is 86.0 Å². The molecule has 3 aliphatic rings. The molecule has 0 spiro atoms. The van der Waals surface area contributed by atoms with Crippen LogP contribution in [-0.2, 0) is 34.0 Å². The van der Waals surface area contributed by atoms with Crippen molar-refractivity contribution in [1.82, 2.24) is 9.62 Å². The molecule has 3 fully saturated rings. The molecule has 1 unspecified atom stereocenters. The van der Waals surface area contributed by atoms with Crippen molar-refractivity contribution < 1.29 is 32.4 Å². The summed E-state index contributed by atoms with van der Waals surface area (Å²) < 4.78 is 26.2. The molecule has 0 aromatic carbocycles. The molecule has 10 nitrogen and oxygen atoms in total. The number of ketones is 3. The van der Waals surface area contributed by atoms with Gasteiger partial charge in [-0.1, -0.05) is 60.5 Å². The molecule has 3 rings (SSSR count). The minimum absolute atomic E-state index is 0.0606.